The van der Waals surface area contributed by atoms with E-state index < -0.39 is 27.6 Å². The molecule has 0 saturated carbocycles. The lowest BCUT2D eigenvalue weighted by atomic mass is 10.1. The molecular weight excluding hydrogens is 370 g/mol. The topological polar surface area (TPSA) is 72.5 Å². The van der Waals surface area contributed by atoms with Crippen molar-refractivity contribution < 1.29 is 17.9 Å². The third-order valence-electron chi connectivity index (χ3n) is 2.74. The molecule has 22 heavy (non-hydrogen) atoms. The standard InChI is InChI=1S/C15H22BrNO4S/c1-10(2)13(14(18)21-15(3,4)5)17-22(19,20)12-9-7-6-8-11(12)16/h6-10,13,17H,1-5H3/t13-/m0/s1. The number of halogens is 1. The van der Waals surface area contributed by atoms with Crippen LogP contribution in [0.2, 0.25) is 0 Å². The van der Waals surface area contributed by atoms with Gasteiger partial charge in [-0.15, -0.1) is 0 Å². The van der Waals surface area contributed by atoms with Crippen LogP contribution in [0.15, 0.2) is 33.6 Å². The normalized spacial score (nSPS) is 14.0. The zero-order chi connectivity index (χ0) is 17.1. The first-order valence-electron chi connectivity index (χ1n) is 6.94. The quantitative estimate of drug-likeness (QED) is 0.782. The van der Waals surface area contributed by atoms with Gasteiger partial charge in [-0.2, -0.15) is 4.72 Å². The van der Waals surface area contributed by atoms with Gasteiger partial charge in [-0.1, -0.05) is 26.0 Å². The largest absolute Gasteiger partial charge is 0.459 e. The molecule has 5 nitrogen and oxygen atoms in total. The van der Waals surface area contributed by atoms with Crippen molar-refractivity contribution in [3.05, 3.63) is 28.7 Å². The number of hydrogen-bond acceptors (Lipinski definition) is 4. The van der Waals surface area contributed by atoms with Gasteiger partial charge in [0.2, 0.25) is 10.0 Å². The number of sulfonamides is 1. The highest BCUT2D eigenvalue weighted by Crippen LogP contribution is 2.22. The second kappa shape index (κ2) is 7.10. The van der Waals surface area contributed by atoms with E-state index in [9.17, 15) is 13.2 Å². The van der Waals surface area contributed by atoms with E-state index in [1.807, 2.05) is 0 Å². The molecule has 1 rings (SSSR count). The van der Waals surface area contributed by atoms with Gasteiger partial charge in [-0.25, -0.2) is 8.42 Å². The average molecular weight is 392 g/mol. The molecular formula is C15H22BrNO4S. The van der Waals surface area contributed by atoms with Gasteiger partial charge >= 0.3 is 5.97 Å². The zero-order valence-electron chi connectivity index (χ0n) is 13.4. The molecule has 0 aliphatic heterocycles. The van der Waals surface area contributed by atoms with Crippen LogP contribution in [-0.2, 0) is 19.6 Å². The second-order valence-corrected chi connectivity index (χ2v) is 8.84. The second-order valence-electron chi connectivity index (χ2n) is 6.31. The van der Waals surface area contributed by atoms with Gasteiger partial charge in [0.05, 0.1) is 4.90 Å². The molecule has 0 unspecified atom stereocenters. The first kappa shape index (κ1) is 19.1. The minimum absolute atomic E-state index is 0.0872. The fraction of sp³-hybridized carbons (Fsp3) is 0.533. The van der Waals surface area contributed by atoms with Crippen LogP contribution < -0.4 is 4.72 Å². The molecule has 0 amide bonds. The summed E-state index contributed by atoms with van der Waals surface area (Å²) in [6, 6.07) is 5.50. The molecule has 0 saturated heterocycles. The molecule has 7 heteroatoms. The lowest BCUT2D eigenvalue weighted by molar-refractivity contribution is -0.158. The van der Waals surface area contributed by atoms with E-state index in [0.29, 0.717) is 4.47 Å². The fourth-order valence-electron chi connectivity index (χ4n) is 1.71. The van der Waals surface area contributed by atoms with E-state index in [0.717, 1.165) is 0 Å². The minimum atomic E-state index is -3.83. The molecule has 1 atom stereocenters. The Balaban J connectivity index is 3.06. The highest BCUT2D eigenvalue weighted by Gasteiger charge is 2.32. The van der Waals surface area contributed by atoms with Crippen molar-refractivity contribution in [2.24, 2.45) is 5.92 Å². The van der Waals surface area contributed by atoms with Gasteiger partial charge in [-0.3, -0.25) is 4.79 Å². The number of carbonyl (C=O) groups is 1. The molecule has 0 fully saturated rings. The third kappa shape index (κ3) is 5.37. The van der Waals surface area contributed by atoms with Gasteiger partial charge < -0.3 is 4.74 Å². The van der Waals surface area contributed by atoms with Gasteiger partial charge in [0, 0.05) is 4.47 Å². The number of nitrogens with one attached hydrogen (secondary N) is 1. The molecule has 0 heterocycles. The van der Waals surface area contributed by atoms with Crippen LogP contribution in [0.25, 0.3) is 0 Å². The van der Waals surface area contributed by atoms with Crippen LogP contribution in [-0.4, -0.2) is 26.0 Å². The number of benzene rings is 1. The smallest absolute Gasteiger partial charge is 0.324 e. The van der Waals surface area contributed by atoms with Crippen molar-refractivity contribution in [3.8, 4) is 0 Å². The van der Waals surface area contributed by atoms with Crippen LogP contribution in [0.1, 0.15) is 34.6 Å². The van der Waals surface area contributed by atoms with Crippen molar-refractivity contribution in [1.29, 1.82) is 0 Å². The molecule has 0 aliphatic rings. The summed E-state index contributed by atoms with van der Waals surface area (Å²) in [6.45, 7) is 8.74. The summed E-state index contributed by atoms with van der Waals surface area (Å²) < 4.78 is 33.2. The molecule has 0 radical (unpaired) electrons. The number of hydrogen-bond donors (Lipinski definition) is 1. The van der Waals surface area contributed by atoms with E-state index in [2.05, 4.69) is 20.7 Å². The minimum Gasteiger partial charge on any atom is -0.459 e. The zero-order valence-corrected chi connectivity index (χ0v) is 15.8. The van der Waals surface area contributed by atoms with E-state index in [1.165, 1.54) is 6.07 Å². The Bertz CT molecular complexity index is 635. The molecule has 0 bridgehead atoms. The Morgan fingerprint density at radius 2 is 1.77 bits per heavy atom. The lowest BCUT2D eigenvalue weighted by Gasteiger charge is -2.26. The summed E-state index contributed by atoms with van der Waals surface area (Å²) in [7, 11) is -3.83. The monoisotopic (exact) mass is 391 g/mol. The molecule has 1 N–H and O–H groups in total. The summed E-state index contributed by atoms with van der Waals surface area (Å²) >= 11 is 3.21. The molecule has 1 aromatic carbocycles. The van der Waals surface area contributed by atoms with Crippen molar-refractivity contribution in [3.63, 3.8) is 0 Å². The Morgan fingerprint density at radius 3 is 2.23 bits per heavy atom. The van der Waals surface area contributed by atoms with Crippen molar-refractivity contribution >= 4 is 31.9 Å². The predicted octanol–water partition coefficient (Wildman–Crippen LogP) is 3.09. The van der Waals surface area contributed by atoms with Crippen LogP contribution >= 0.6 is 15.9 Å². The first-order valence-corrected chi connectivity index (χ1v) is 9.21. The highest BCUT2D eigenvalue weighted by molar-refractivity contribution is 9.10. The Kier molecular flexibility index (Phi) is 6.18. The maximum absolute atomic E-state index is 12.5. The van der Waals surface area contributed by atoms with Crippen molar-refractivity contribution in [2.45, 2.75) is 51.2 Å². The van der Waals surface area contributed by atoms with Gasteiger partial charge in [0.15, 0.2) is 0 Å². The summed E-state index contributed by atoms with van der Waals surface area (Å²) in [5, 5.41) is 0. The number of carbonyl (C=O) groups excluding carboxylic acids is 1. The van der Waals surface area contributed by atoms with Crippen molar-refractivity contribution in [2.75, 3.05) is 0 Å². The maximum atomic E-state index is 12.5. The van der Waals surface area contributed by atoms with Crippen LogP contribution in [0, 0.1) is 5.92 Å². The first-order chi connectivity index (χ1) is 9.94. The fourth-order valence-corrected chi connectivity index (χ4v) is 4.05. The van der Waals surface area contributed by atoms with Crippen LogP contribution in [0.4, 0.5) is 0 Å². The Morgan fingerprint density at radius 1 is 1.23 bits per heavy atom. The van der Waals surface area contributed by atoms with Crippen LogP contribution in [0.5, 0.6) is 0 Å². The highest BCUT2D eigenvalue weighted by atomic mass is 79.9. The van der Waals surface area contributed by atoms with Crippen LogP contribution in [0.3, 0.4) is 0 Å². The molecule has 0 aliphatic carbocycles. The summed E-state index contributed by atoms with van der Waals surface area (Å²) in [5.41, 5.74) is -0.678. The van der Waals surface area contributed by atoms with E-state index in [4.69, 9.17) is 4.74 Å². The third-order valence-corrected chi connectivity index (χ3v) is 5.19. The summed E-state index contributed by atoms with van der Waals surface area (Å²) in [4.78, 5) is 12.3. The Labute approximate surface area is 140 Å². The molecule has 0 aromatic heterocycles. The molecule has 0 spiro atoms. The van der Waals surface area contributed by atoms with E-state index in [1.54, 1.807) is 52.8 Å². The van der Waals surface area contributed by atoms with Gasteiger partial charge in [0.25, 0.3) is 0 Å². The summed E-state index contributed by atoms with van der Waals surface area (Å²) in [5.74, 6) is -0.828. The number of rotatable bonds is 5. The lowest BCUT2D eigenvalue weighted by Crippen LogP contribution is -2.47. The number of ether oxygens (including phenoxy) is 1. The predicted molar refractivity (Wildman–Crippen MR) is 88.9 cm³/mol. The van der Waals surface area contributed by atoms with Gasteiger partial charge in [0.1, 0.15) is 11.6 Å². The van der Waals surface area contributed by atoms with Gasteiger partial charge in [-0.05, 0) is 54.8 Å². The molecule has 124 valence electrons. The number of esters is 1. The maximum Gasteiger partial charge on any atom is 0.324 e. The molecule has 1 aromatic rings. The Hall–Kier alpha value is -0.920. The van der Waals surface area contributed by atoms with E-state index in [-0.39, 0.29) is 10.8 Å². The average Bonchev–Trinajstić information content (AvgIpc) is 2.33. The van der Waals surface area contributed by atoms with E-state index >= 15 is 0 Å². The van der Waals surface area contributed by atoms with Crippen molar-refractivity contribution in [1.82, 2.24) is 4.72 Å². The summed E-state index contributed by atoms with van der Waals surface area (Å²) in [6.07, 6.45) is 0. The SMILES string of the molecule is CC(C)[C@H](NS(=O)(=O)c1ccccc1Br)C(=O)OC(C)(C)C.